The van der Waals surface area contributed by atoms with Crippen LogP contribution in [0, 0.1) is 6.92 Å². The fraction of sp³-hybridized carbons (Fsp3) is 0.417. The maximum Gasteiger partial charge on any atom is 0.243 e. The Hall–Kier alpha value is -1.98. The first-order valence-corrected chi connectivity index (χ1v) is 11.8. The Morgan fingerprint density at radius 1 is 1.07 bits per heavy atom. The van der Waals surface area contributed by atoms with Gasteiger partial charge in [0.2, 0.25) is 11.8 Å². The first kappa shape index (κ1) is 24.3. The number of halogens is 1. The lowest BCUT2D eigenvalue weighted by atomic mass is 10.1. The molecule has 0 spiro atoms. The molecular formula is C24H31ClN2O2S. The van der Waals surface area contributed by atoms with Gasteiger partial charge in [0.05, 0.1) is 5.75 Å². The molecule has 0 fully saturated rings. The highest BCUT2D eigenvalue weighted by Crippen LogP contribution is 2.22. The van der Waals surface area contributed by atoms with Crippen LogP contribution in [0.5, 0.6) is 0 Å². The zero-order valence-electron chi connectivity index (χ0n) is 18.2. The molecule has 0 radical (unpaired) electrons. The number of aryl methyl sites for hydroxylation is 1. The van der Waals surface area contributed by atoms with E-state index in [1.165, 1.54) is 11.8 Å². The van der Waals surface area contributed by atoms with Crippen molar-refractivity contribution in [2.75, 3.05) is 5.75 Å². The SMILES string of the molecule is CC[C@@H](C(=O)NC(C)C)N(Cc1ccccc1C)C(=O)CSCc1ccccc1Cl. The molecule has 0 aliphatic carbocycles. The van der Waals surface area contributed by atoms with Crippen LogP contribution in [-0.2, 0) is 21.9 Å². The van der Waals surface area contributed by atoms with Crippen molar-refractivity contribution in [2.45, 2.75) is 58.5 Å². The molecule has 0 saturated heterocycles. The summed E-state index contributed by atoms with van der Waals surface area (Å²) in [5.74, 6) is 0.799. The van der Waals surface area contributed by atoms with Crippen LogP contribution in [0.3, 0.4) is 0 Å². The predicted molar refractivity (Wildman–Crippen MR) is 127 cm³/mol. The Labute approximate surface area is 189 Å². The molecule has 0 aromatic heterocycles. The summed E-state index contributed by atoms with van der Waals surface area (Å²) < 4.78 is 0. The van der Waals surface area contributed by atoms with E-state index in [4.69, 9.17) is 11.6 Å². The third-order valence-corrected chi connectivity index (χ3v) is 6.19. The van der Waals surface area contributed by atoms with E-state index in [2.05, 4.69) is 5.32 Å². The molecule has 0 bridgehead atoms. The van der Waals surface area contributed by atoms with E-state index in [0.29, 0.717) is 29.5 Å². The van der Waals surface area contributed by atoms with E-state index in [9.17, 15) is 9.59 Å². The van der Waals surface area contributed by atoms with E-state index < -0.39 is 6.04 Å². The van der Waals surface area contributed by atoms with E-state index in [1.807, 2.05) is 76.2 Å². The van der Waals surface area contributed by atoms with Gasteiger partial charge >= 0.3 is 0 Å². The molecule has 0 aliphatic rings. The smallest absolute Gasteiger partial charge is 0.243 e. The van der Waals surface area contributed by atoms with E-state index in [-0.39, 0.29) is 17.9 Å². The maximum absolute atomic E-state index is 13.2. The molecule has 2 aromatic rings. The highest BCUT2D eigenvalue weighted by Gasteiger charge is 2.29. The second-order valence-corrected chi connectivity index (χ2v) is 9.01. The summed E-state index contributed by atoms with van der Waals surface area (Å²) in [5, 5.41) is 3.67. The molecular weight excluding hydrogens is 416 g/mol. The first-order chi connectivity index (χ1) is 14.3. The van der Waals surface area contributed by atoms with Gasteiger partial charge in [-0.25, -0.2) is 0 Å². The van der Waals surface area contributed by atoms with E-state index in [1.54, 1.807) is 4.90 Å². The molecule has 1 N–H and O–H groups in total. The molecule has 2 rings (SSSR count). The zero-order chi connectivity index (χ0) is 22.1. The lowest BCUT2D eigenvalue weighted by Crippen LogP contribution is -2.51. The molecule has 0 unspecified atom stereocenters. The quantitative estimate of drug-likeness (QED) is 0.544. The summed E-state index contributed by atoms with van der Waals surface area (Å²) in [6.07, 6.45) is 0.561. The van der Waals surface area contributed by atoms with E-state index in [0.717, 1.165) is 16.7 Å². The number of thioether (sulfide) groups is 1. The molecule has 0 heterocycles. The van der Waals surface area contributed by atoms with Crippen LogP contribution in [0.15, 0.2) is 48.5 Å². The number of hydrogen-bond acceptors (Lipinski definition) is 3. The molecule has 162 valence electrons. The molecule has 2 amide bonds. The number of rotatable bonds is 10. The van der Waals surface area contributed by atoms with Crippen LogP contribution < -0.4 is 5.32 Å². The summed E-state index contributed by atoms with van der Waals surface area (Å²) in [6.45, 7) is 8.25. The summed E-state index contributed by atoms with van der Waals surface area (Å²) in [5.41, 5.74) is 3.17. The molecule has 30 heavy (non-hydrogen) atoms. The van der Waals surface area contributed by atoms with Gasteiger partial charge in [-0.15, -0.1) is 11.8 Å². The molecule has 0 saturated carbocycles. The standard InChI is InChI=1S/C24H31ClN2O2S/c1-5-22(24(29)26-17(2)3)27(14-19-11-7-6-10-18(19)4)23(28)16-30-15-20-12-8-9-13-21(20)25/h6-13,17,22H,5,14-16H2,1-4H3,(H,26,29)/t22-/m0/s1. The van der Waals surface area contributed by atoms with E-state index >= 15 is 0 Å². The van der Waals surface area contributed by atoms with Crippen molar-refractivity contribution in [3.8, 4) is 0 Å². The van der Waals surface area contributed by atoms with Crippen LogP contribution in [0.4, 0.5) is 0 Å². The third kappa shape index (κ3) is 7.06. The molecule has 6 heteroatoms. The largest absolute Gasteiger partial charge is 0.352 e. The normalized spacial score (nSPS) is 11.9. The number of benzene rings is 2. The van der Waals surface area contributed by atoms with Crippen molar-refractivity contribution in [3.05, 3.63) is 70.2 Å². The Balaban J connectivity index is 2.16. The molecule has 1 atom stereocenters. The van der Waals surface area contributed by atoms with Crippen LogP contribution in [0.2, 0.25) is 5.02 Å². The fourth-order valence-electron chi connectivity index (χ4n) is 3.22. The second-order valence-electron chi connectivity index (χ2n) is 7.62. The van der Waals surface area contributed by atoms with Gasteiger partial charge in [-0.1, -0.05) is 61.0 Å². The van der Waals surface area contributed by atoms with Gasteiger partial charge in [0, 0.05) is 23.4 Å². The van der Waals surface area contributed by atoms with Crippen LogP contribution in [0.1, 0.15) is 43.9 Å². The lowest BCUT2D eigenvalue weighted by Gasteiger charge is -2.31. The zero-order valence-corrected chi connectivity index (χ0v) is 19.7. The van der Waals surface area contributed by atoms with Gasteiger partial charge in [0.1, 0.15) is 6.04 Å². The van der Waals surface area contributed by atoms with Crippen molar-refractivity contribution in [1.82, 2.24) is 10.2 Å². The Morgan fingerprint density at radius 2 is 1.70 bits per heavy atom. The van der Waals surface area contributed by atoms with Crippen molar-refractivity contribution < 1.29 is 9.59 Å². The first-order valence-electron chi connectivity index (χ1n) is 10.3. The Morgan fingerprint density at radius 3 is 2.30 bits per heavy atom. The maximum atomic E-state index is 13.2. The van der Waals surface area contributed by atoms with Gasteiger partial charge < -0.3 is 10.2 Å². The molecule has 2 aromatic carbocycles. The fourth-order valence-corrected chi connectivity index (χ4v) is 4.41. The van der Waals surface area contributed by atoms with Gasteiger partial charge in [-0.3, -0.25) is 9.59 Å². The molecule has 0 aliphatic heterocycles. The summed E-state index contributed by atoms with van der Waals surface area (Å²) >= 11 is 7.75. The summed E-state index contributed by atoms with van der Waals surface area (Å²) in [7, 11) is 0. The number of nitrogens with zero attached hydrogens (tertiary/aromatic N) is 1. The monoisotopic (exact) mass is 446 g/mol. The average Bonchev–Trinajstić information content (AvgIpc) is 2.70. The minimum absolute atomic E-state index is 0.0246. The number of amides is 2. The number of nitrogens with one attached hydrogen (secondary N) is 1. The summed E-state index contributed by atoms with van der Waals surface area (Å²) in [6, 6.07) is 15.2. The molecule has 4 nitrogen and oxygen atoms in total. The lowest BCUT2D eigenvalue weighted by molar-refractivity contribution is -0.139. The number of carbonyl (C=O) groups is 2. The predicted octanol–water partition coefficient (Wildman–Crippen LogP) is 5.21. The minimum Gasteiger partial charge on any atom is -0.352 e. The summed E-state index contributed by atoms with van der Waals surface area (Å²) in [4.78, 5) is 27.8. The number of carbonyl (C=O) groups excluding carboxylic acids is 2. The Kier molecular flexibility index (Phi) is 9.73. The van der Waals surface area contributed by atoms with Crippen LogP contribution in [0.25, 0.3) is 0 Å². The van der Waals surface area contributed by atoms with Crippen molar-refractivity contribution in [2.24, 2.45) is 0 Å². The van der Waals surface area contributed by atoms with Gasteiger partial charge in [-0.05, 0) is 49.9 Å². The Bertz CT molecular complexity index is 857. The van der Waals surface area contributed by atoms with Crippen molar-refractivity contribution in [1.29, 1.82) is 0 Å². The average molecular weight is 447 g/mol. The van der Waals surface area contributed by atoms with Crippen molar-refractivity contribution in [3.63, 3.8) is 0 Å². The number of hydrogen-bond donors (Lipinski definition) is 1. The van der Waals surface area contributed by atoms with Gasteiger partial charge in [0.15, 0.2) is 0 Å². The topological polar surface area (TPSA) is 49.4 Å². The van der Waals surface area contributed by atoms with Gasteiger partial charge in [0.25, 0.3) is 0 Å². The van der Waals surface area contributed by atoms with Crippen LogP contribution in [-0.4, -0.2) is 34.6 Å². The highest BCUT2D eigenvalue weighted by molar-refractivity contribution is 7.99. The minimum atomic E-state index is -0.500. The van der Waals surface area contributed by atoms with Gasteiger partial charge in [-0.2, -0.15) is 0 Å². The van der Waals surface area contributed by atoms with Crippen molar-refractivity contribution >= 4 is 35.2 Å². The second kappa shape index (κ2) is 12.0. The third-order valence-electron chi connectivity index (χ3n) is 4.86. The van der Waals surface area contributed by atoms with Crippen LogP contribution >= 0.6 is 23.4 Å². The highest BCUT2D eigenvalue weighted by atomic mass is 35.5.